The second-order valence-corrected chi connectivity index (χ2v) is 8.46. The van der Waals surface area contributed by atoms with E-state index in [1.165, 1.54) is 12.1 Å². The second-order valence-electron chi connectivity index (χ2n) is 8.46. The lowest BCUT2D eigenvalue weighted by Gasteiger charge is -2.21. The third-order valence-corrected chi connectivity index (χ3v) is 5.69. The average molecular weight is 495 g/mol. The number of para-hydroxylation sites is 1. The minimum Gasteiger partial charge on any atom is -0.481 e. The Hall–Kier alpha value is -4.54. The molecule has 0 radical (unpaired) electrons. The maximum Gasteiger partial charge on any atom is 0.334 e. The van der Waals surface area contributed by atoms with Crippen LogP contribution in [0.4, 0.5) is 20.2 Å². The van der Waals surface area contributed by atoms with Crippen LogP contribution in [-0.2, 0) is 4.79 Å². The topological polar surface area (TPSA) is 143 Å². The lowest BCUT2D eigenvalue weighted by molar-refractivity contribution is -0.136. The fourth-order valence-electron chi connectivity index (χ4n) is 4.03. The van der Waals surface area contributed by atoms with Crippen LogP contribution < -0.4 is 22.3 Å². The molecule has 2 aromatic carbocycles. The summed E-state index contributed by atoms with van der Waals surface area (Å²) in [7, 11) is 0. The van der Waals surface area contributed by atoms with E-state index in [-0.39, 0.29) is 41.2 Å². The van der Waals surface area contributed by atoms with E-state index in [0.29, 0.717) is 16.9 Å². The van der Waals surface area contributed by atoms with E-state index in [1.807, 2.05) is 13.8 Å². The number of aromatic nitrogens is 3. The number of pyridine rings is 1. The molecule has 2 aromatic heterocycles. The quantitative estimate of drug-likeness (QED) is 0.287. The summed E-state index contributed by atoms with van der Waals surface area (Å²) in [5, 5.41) is 11.8. The van der Waals surface area contributed by atoms with Gasteiger partial charge in [0.25, 0.3) is 5.56 Å². The normalized spacial score (nSPS) is 11.2. The summed E-state index contributed by atoms with van der Waals surface area (Å²) >= 11 is 0. The van der Waals surface area contributed by atoms with Gasteiger partial charge in [-0.25, -0.2) is 23.1 Å². The number of H-pyrrole nitrogens is 1. The van der Waals surface area contributed by atoms with Crippen LogP contribution in [0.2, 0.25) is 0 Å². The molecule has 9 nitrogen and oxygen atoms in total. The van der Waals surface area contributed by atoms with E-state index in [0.717, 1.165) is 16.7 Å². The molecule has 0 unspecified atom stereocenters. The summed E-state index contributed by atoms with van der Waals surface area (Å²) in [6.45, 7) is 3.83. The number of nitrogen functional groups attached to an aromatic ring is 1. The number of nitrogens with two attached hydrogens (primary N) is 1. The minimum absolute atomic E-state index is 0.0545. The average Bonchev–Trinajstić information content (AvgIpc) is 2.80. The Balaban J connectivity index is 2.09. The molecule has 0 bridgehead atoms. The predicted octanol–water partition coefficient (Wildman–Crippen LogP) is 3.61. The maximum absolute atomic E-state index is 15.1. The Morgan fingerprint density at radius 2 is 1.89 bits per heavy atom. The van der Waals surface area contributed by atoms with Crippen molar-refractivity contribution in [3.05, 3.63) is 80.5 Å². The Kier molecular flexibility index (Phi) is 6.56. The molecule has 5 N–H and O–H groups in total. The van der Waals surface area contributed by atoms with Crippen molar-refractivity contribution in [1.82, 2.24) is 14.5 Å². The van der Waals surface area contributed by atoms with Crippen molar-refractivity contribution in [2.75, 3.05) is 17.6 Å². The van der Waals surface area contributed by atoms with Gasteiger partial charge in [-0.05, 0) is 35.7 Å². The molecule has 0 amide bonds. The van der Waals surface area contributed by atoms with Crippen molar-refractivity contribution in [3.63, 3.8) is 0 Å². The zero-order valence-electron chi connectivity index (χ0n) is 19.4. The van der Waals surface area contributed by atoms with Crippen molar-refractivity contribution in [2.24, 2.45) is 0 Å². The molecule has 2 heterocycles. The van der Waals surface area contributed by atoms with Crippen LogP contribution in [0.15, 0.2) is 52.1 Å². The molecule has 0 aliphatic heterocycles. The molecule has 0 saturated carbocycles. The largest absolute Gasteiger partial charge is 0.481 e. The Morgan fingerprint density at radius 3 is 2.56 bits per heavy atom. The minimum atomic E-state index is -1.01. The summed E-state index contributed by atoms with van der Waals surface area (Å²) in [5.74, 6) is -2.94. The first kappa shape index (κ1) is 24.6. The molecule has 0 atom stereocenters. The number of nitrogens with one attached hydrogen (secondary N) is 2. The fourth-order valence-corrected chi connectivity index (χ4v) is 4.03. The Labute approximate surface area is 203 Å². The molecule has 11 heteroatoms. The van der Waals surface area contributed by atoms with Crippen molar-refractivity contribution in [1.29, 1.82) is 0 Å². The number of hydrogen-bond donors (Lipinski definition) is 4. The highest BCUT2D eigenvalue weighted by molar-refractivity contribution is 5.84. The van der Waals surface area contributed by atoms with Gasteiger partial charge >= 0.3 is 11.7 Å². The molecule has 36 heavy (non-hydrogen) atoms. The Morgan fingerprint density at radius 1 is 1.17 bits per heavy atom. The number of aromatic amines is 1. The van der Waals surface area contributed by atoms with Crippen molar-refractivity contribution < 1.29 is 18.7 Å². The third-order valence-electron chi connectivity index (χ3n) is 5.69. The lowest BCUT2D eigenvalue weighted by atomic mass is 9.99. The smallest absolute Gasteiger partial charge is 0.334 e. The van der Waals surface area contributed by atoms with Crippen LogP contribution in [0.3, 0.4) is 0 Å². The molecular weight excluding hydrogens is 472 g/mol. The lowest BCUT2D eigenvalue weighted by Crippen LogP contribution is -2.31. The van der Waals surface area contributed by atoms with Gasteiger partial charge < -0.3 is 16.2 Å². The zero-order chi connectivity index (χ0) is 26.1. The molecule has 0 fully saturated rings. The first-order valence-corrected chi connectivity index (χ1v) is 11.1. The highest BCUT2D eigenvalue weighted by atomic mass is 19.1. The number of halogens is 2. The van der Waals surface area contributed by atoms with E-state index < -0.39 is 34.5 Å². The van der Waals surface area contributed by atoms with Crippen molar-refractivity contribution in [2.45, 2.75) is 26.2 Å². The fraction of sp³-hybridized carbons (Fsp3) is 0.200. The van der Waals surface area contributed by atoms with Gasteiger partial charge in [0.05, 0.1) is 28.7 Å². The van der Waals surface area contributed by atoms with Gasteiger partial charge in [0.1, 0.15) is 11.5 Å². The number of carbonyl (C=O) groups is 1. The van der Waals surface area contributed by atoms with E-state index >= 15 is 4.39 Å². The molecule has 0 aliphatic carbocycles. The van der Waals surface area contributed by atoms with Gasteiger partial charge in [-0.3, -0.25) is 14.6 Å². The van der Waals surface area contributed by atoms with Gasteiger partial charge in [-0.1, -0.05) is 32.0 Å². The number of aliphatic carboxylic acids is 1. The van der Waals surface area contributed by atoms with Gasteiger partial charge in [-0.2, -0.15) is 0 Å². The van der Waals surface area contributed by atoms with Gasteiger partial charge in [0.2, 0.25) is 0 Å². The zero-order valence-corrected chi connectivity index (χ0v) is 19.4. The SMILES string of the molecule is CC(C)c1cccc(NCCC(=O)O)c1-n1c(=O)[nH]c(=O)c2cc(F)c(-c3c(N)cccc3F)nc21. The molecule has 0 saturated heterocycles. The van der Waals surface area contributed by atoms with E-state index in [9.17, 15) is 18.8 Å². The van der Waals surface area contributed by atoms with E-state index in [2.05, 4.69) is 15.3 Å². The molecule has 0 aliphatic rings. The van der Waals surface area contributed by atoms with E-state index in [1.54, 1.807) is 18.2 Å². The number of hydrogen-bond acceptors (Lipinski definition) is 6. The molecule has 186 valence electrons. The van der Waals surface area contributed by atoms with Crippen LogP contribution >= 0.6 is 0 Å². The van der Waals surface area contributed by atoms with E-state index in [4.69, 9.17) is 10.8 Å². The summed E-state index contributed by atoms with van der Waals surface area (Å²) in [6.07, 6.45) is -0.188. The molecule has 4 aromatic rings. The number of fused-ring (bicyclic) bond motifs is 1. The number of benzene rings is 2. The highest BCUT2D eigenvalue weighted by Crippen LogP contribution is 2.33. The van der Waals surface area contributed by atoms with Gasteiger partial charge in [0, 0.05) is 12.2 Å². The van der Waals surface area contributed by atoms with Crippen molar-refractivity contribution >= 4 is 28.4 Å². The monoisotopic (exact) mass is 495 g/mol. The van der Waals surface area contributed by atoms with Gasteiger partial charge in [-0.15, -0.1) is 0 Å². The molecule has 0 spiro atoms. The standard InChI is InChI=1S/C25H23F2N5O4/c1-12(2)13-5-3-8-18(29-10-9-19(33)34)22(13)32-23-14(24(35)31-25(32)36)11-16(27)21(30-23)20-15(26)6-4-7-17(20)28/h3-8,11-12,29H,9-10,28H2,1-2H3,(H,33,34)(H,31,35,36). The summed E-state index contributed by atoms with van der Waals surface area (Å²) in [6, 6.07) is 9.87. The number of rotatable bonds is 7. The maximum atomic E-state index is 15.1. The number of carboxylic acids is 1. The number of nitrogens with zero attached hydrogens (tertiary/aromatic N) is 2. The predicted molar refractivity (Wildman–Crippen MR) is 133 cm³/mol. The third kappa shape index (κ3) is 4.42. The summed E-state index contributed by atoms with van der Waals surface area (Å²) in [5.41, 5.74) is 4.51. The van der Waals surface area contributed by atoms with Crippen LogP contribution in [0.25, 0.3) is 28.0 Å². The summed E-state index contributed by atoms with van der Waals surface area (Å²) < 4.78 is 30.9. The van der Waals surface area contributed by atoms with Crippen LogP contribution in [-0.4, -0.2) is 32.2 Å². The number of carboxylic acid groups (broad SMARTS) is 1. The first-order valence-electron chi connectivity index (χ1n) is 11.1. The number of anilines is 2. The molecule has 4 rings (SSSR count). The summed E-state index contributed by atoms with van der Waals surface area (Å²) in [4.78, 5) is 43.2. The van der Waals surface area contributed by atoms with Crippen LogP contribution in [0.5, 0.6) is 0 Å². The van der Waals surface area contributed by atoms with Crippen LogP contribution in [0, 0.1) is 11.6 Å². The van der Waals surface area contributed by atoms with Crippen LogP contribution in [0.1, 0.15) is 31.7 Å². The second kappa shape index (κ2) is 9.61. The Bertz CT molecular complexity index is 1590. The van der Waals surface area contributed by atoms with Crippen molar-refractivity contribution in [3.8, 4) is 16.9 Å². The van der Waals surface area contributed by atoms with Gasteiger partial charge in [0.15, 0.2) is 11.5 Å². The highest BCUT2D eigenvalue weighted by Gasteiger charge is 2.23. The first-order chi connectivity index (χ1) is 17.1. The molecular formula is C25H23F2N5O4.